The predicted molar refractivity (Wildman–Crippen MR) is 85.5 cm³/mol. The van der Waals surface area contributed by atoms with Crippen molar-refractivity contribution >= 4 is 21.6 Å². The number of nitrogens with zero attached hydrogens (tertiary/aromatic N) is 1. The summed E-state index contributed by atoms with van der Waals surface area (Å²) in [5, 5.41) is 3.67. The molecule has 1 saturated carbocycles. The summed E-state index contributed by atoms with van der Waals surface area (Å²) in [4.78, 5) is 4.45. The third-order valence-corrected chi connectivity index (χ3v) is 4.81. The highest BCUT2D eigenvalue weighted by Crippen LogP contribution is 2.38. The van der Waals surface area contributed by atoms with E-state index in [1.54, 1.807) is 0 Å². The van der Waals surface area contributed by atoms with Crippen LogP contribution in [0.4, 0.5) is 5.69 Å². The van der Waals surface area contributed by atoms with Crippen LogP contribution < -0.4 is 5.32 Å². The van der Waals surface area contributed by atoms with Gasteiger partial charge < -0.3 is 5.32 Å². The Morgan fingerprint density at radius 3 is 2.32 bits per heavy atom. The van der Waals surface area contributed by atoms with Crippen molar-refractivity contribution in [2.75, 3.05) is 5.32 Å². The van der Waals surface area contributed by atoms with Gasteiger partial charge in [0.05, 0.1) is 11.4 Å². The van der Waals surface area contributed by atoms with Crippen molar-refractivity contribution in [1.82, 2.24) is 4.98 Å². The van der Waals surface area contributed by atoms with Crippen LogP contribution in [-0.2, 0) is 0 Å². The van der Waals surface area contributed by atoms with E-state index < -0.39 is 0 Å². The number of aromatic nitrogens is 1. The van der Waals surface area contributed by atoms with E-state index in [0.29, 0.717) is 11.5 Å². The maximum atomic E-state index is 4.45. The number of rotatable bonds is 2. The Bertz CT molecular complexity index is 429. The molecule has 1 aromatic heterocycles. The molecule has 0 radical (unpaired) electrons. The zero-order valence-electron chi connectivity index (χ0n) is 12.5. The van der Waals surface area contributed by atoms with E-state index in [9.17, 15) is 0 Å². The SMILES string of the molecule is Cc1nc(Br)ccc1NC1CCC(C(C)(C)C)CC1. The molecule has 2 rings (SSSR count). The van der Waals surface area contributed by atoms with Gasteiger partial charge in [-0.3, -0.25) is 0 Å². The molecule has 0 aromatic carbocycles. The van der Waals surface area contributed by atoms with E-state index in [-0.39, 0.29) is 0 Å². The van der Waals surface area contributed by atoms with Gasteiger partial charge >= 0.3 is 0 Å². The molecule has 3 heteroatoms. The summed E-state index contributed by atoms with van der Waals surface area (Å²) in [6.07, 6.45) is 5.23. The lowest BCUT2D eigenvalue weighted by Gasteiger charge is -2.37. The Kier molecular flexibility index (Phi) is 4.54. The average Bonchev–Trinajstić information content (AvgIpc) is 2.32. The quantitative estimate of drug-likeness (QED) is 0.759. The van der Waals surface area contributed by atoms with Crippen LogP contribution in [-0.4, -0.2) is 11.0 Å². The fourth-order valence-corrected chi connectivity index (χ4v) is 3.40. The van der Waals surface area contributed by atoms with Gasteiger partial charge in [-0.2, -0.15) is 0 Å². The van der Waals surface area contributed by atoms with E-state index in [2.05, 4.69) is 60.0 Å². The Labute approximate surface area is 125 Å². The molecule has 1 aliphatic carbocycles. The van der Waals surface area contributed by atoms with Crippen molar-refractivity contribution in [1.29, 1.82) is 0 Å². The van der Waals surface area contributed by atoms with E-state index in [4.69, 9.17) is 0 Å². The topological polar surface area (TPSA) is 24.9 Å². The minimum absolute atomic E-state index is 0.458. The number of anilines is 1. The molecule has 1 aliphatic rings. The monoisotopic (exact) mass is 324 g/mol. The second kappa shape index (κ2) is 5.82. The van der Waals surface area contributed by atoms with Gasteiger partial charge in [-0.05, 0) is 72.0 Å². The summed E-state index contributed by atoms with van der Waals surface area (Å²) in [5.41, 5.74) is 2.72. The smallest absolute Gasteiger partial charge is 0.106 e. The normalized spacial score (nSPS) is 24.3. The van der Waals surface area contributed by atoms with Crippen molar-refractivity contribution in [2.24, 2.45) is 11.3 Å². The molecule has 1 heterocycles. The first-order valence-corrected chi connectivity index (χ1v) is 8.05. The summed E-state index contributed by atoms with van der Waals surface area (Å²) in [6.45, 7) is 9.17. The first-order chi connectivity index (χ1) is 8.86. The molecule has 0 unspecified atom stereocenters. The van der Waals surface area contributed by atoms with E-state index in [1.165, 1.54) is 31.4 Å². The number of aryl methyl sites for hydroxylation is 1. The largest absolute Gasteiger partial charge is 0.381 e. The summed E-state index contributed by atoms with van der Waals surface area (Å²) >= 11 is 3.41. The molecule has 1 N–H and O–H groups in total. The second-order valence-electron chi connectivity index (χ2n) is 6.83. The van der Waals surface area contributed by atoms with E-state index >= 15 is 0 Å². The van der Waals surface area contributed by atoms with Crippen LogP contribution >= 0.6 is 15.9 Å². The highest BCUT2D eigenvalue weighted by molar-refractivity contribution is 9.10. The molecule has 19 heavy (non-hydrogen) atoms. The molecule has 0 atom stereocenters. The Hall–Kier alpha value is -0.570. The average molecular weight is 325 g/mol. The lowest BCUT2D eigenvalue weighted by Crippen LogP contribution is -2.31. The maximum absolute atomic E-state index is 4.45. The van der Waals surface area contributed by atoms with Crippen molar-refractivity contribution in [2.45, 2.75) is 59.4 Å². The number of pyridine rings is 1. The van der Waals surface area contributed by atoms with Gasteiger partial charge in [-0.25, -0.2) is 4.98 Å². The minimum Gasteiger partial charge on any atom is -0.381 e. The number of halogens is 1. The molecule has 0 bridgehead atoms. The van der Waals surface area contributed by atoms with Crippen molar-refractivity contribution in [3.8, 4) is 0 Å². The van der Waals surface area contributed by atoms with Gasteiger partial charge in [0.15, 0.2) is 0 Å². The van der Waals surface area contributed by atoms with Gasteiger partial charge in [0, 0.05) is 6.04 Å². The summed E-state index contributed by atoms with van der Waals surface area (Å²) in [6, 6.07) is 4.75. The van der Waals surface area contributed by atoms with E-state index in [0.717, 1.165) is 16.2 Å². The zero-order valence-corrected chi connectivity index (χ0v) is 14.0. The lowest BCUT2D eigenvalue weighted by atomic mass is 9.71. The summed E-state index contributed by atoms with van der Waals surface area (Å²) < 4.78 is 0.909. The van der Waals surface area contributed by atoms with E-state index in [1.807, 2.05) is 6.07 Å². The first kappa shape index (κ1) is 14.8. The van der Waals surface area contributed by atoms with Crippen molar-refractivity contribution in [3.63, 3.8) is 0 Å². The summed E-state index contributed by atoms with van der Waals surface area (Å²) in [5.74, 6) is 0.870. The molecule has 0 amide bonds. The molecular weight excluding hydrogens is 300 g/mol. The molecule has 2 nitrogen and oxygen atoms in total. The fourth-order valence-electron chi connectivity index (χ4n) is 3.01. The fraction of sp³-hybridized carbons (Fsp3) is 0.688. The molecular formula is C16H25BrN2. The molecule has 106 valence electrons. The van der Waals surface area contributed by atoms with Gasteiger partial charge in [-0.1, -0.05) is 20.8 Å². The van der Waals surface area contributed by atoms with Crippen LogP contribution in [0.1, 0.15) is 52.1 Å². The predicted octanol–water partition coefficient (Wildman–Crippen LogP) is 5.17. The Balaban J connectivity index is 1.92. The molecule has 0 aliphatic heterocycles. The van der Waals surface area contributed by atoms with Crippen LogP contribution in [0.2, 0.25) is 0 Å². The number of hydrogen-bond acceptors (Lipinski definition) is 2. The van der Waals surface area contributed by atoms with Crippen LogP contribution in [0.5, 0.6) is 0 Å². The summed E-state index contributed by atoms with van der Waals surface area (Å²) in [7, 11) is 0. The Morgan fingerprint density at radius 1 is 1.16 bits per heavy atom. The third-order valence-electron chi connectivity index (χ3n) is 4.36. The molecule has 0 saturated heterocycles. The van der Waals surface area contributed by atoms with Gasteiger partial charge in [-0.15, -0.1) is 0 Å². The van der Waals surface area contributed by atoms with Crippen molar-refractivity contribution in [3.05, 3.63) is 22.4 Å². The molecule has 0 spiro atoms. The van der Waals surface area contributed by atoms with Gasteiger partial charge in [0.1, 0.15) is 4.60 Å². The molecule has 1 aromatic rings. The standard InChI is InChI=1S/C16H25BrN2/c1-11-14(9-10-15(17)18-11)19-13-7-5-12(6-8-13)16(2,3)4/h9-10,12-13,19H,5-8H2,1-4H3. The van der Waals surface area contributed by atoms with Crippen molar-refractivity contribution < 1.29 is 0 Å². The highest BCUT2D eigenvalue weighted by Gasteiger charge is 2.29. The Morgan fingerprint density at radius 2 is 1.79 bits per heavy atom. The van der Waals surface area contributed by atoms with Crippen LogP contribution in [0.3, 0.4) is 0 Å². The van der Waals surface area contributed by atoms with Crippen LogP contribution in [0.25, 0.3) is 0 Å². The van der Waals surface area contributed by atoms with Crippen LogP contribution in [0, 0.1) is 18.3 Å². The second-order valence-corrected chi connectivity index (χ2v) is 7.64. The molecule has 1 fully saturated rings. The lowest BCUT2D eigenvalue weighted by molar-refractivity contribution is 0.173. The highest BCUT2D eigenvalue weighted by atomic mass is 79.9. The minimum atomic E-state index is 0.458. The number of hydrogen-bond donors (Lipinski definition) is 1. The van der Waals surface area contributed by atoms with Gasteiger partial charge in [0.25, 0.3) is 0 Å². The van der Waals surface area contributed by atoms with Gasteiger partial charge in [0.2, 0.25) is 0 Å². The first-order valence-electron chi connectivity index (χ1n) is 7.26. The zero-order chi connectivity index (χ0) is 14.0. The number of nitrogens with one attached hydrogen (secondary N) is 1. The van der Waals surface area contributed by atoms with Crippen LogP contribution in [0.15, 0.2) is 16.7 Å². The maximum Gasteiger partial charge on any atom is 0.106 e. The third kappa shape index (κ3) is 3.95.